The molecule has 1 aromatic rings. The SMILES string of the molecule is CC(=O)Nc1cc(OC[C@@H]2CCCN2C)cnc1F. The van der Waals surface area contributed by atoms with Gasteiger partial charge in [0.1, 0.15) is 18.0 Å². The average Bonchev–Trinajstić information content (AvgIpc) is 2.75. The Kier molecular flexibility index (Phi) is 4.31. The summed E-state index contributed by atoms with van der Waals surface area (Å²) in [5.41, 5.74) is 0.0461. The van der Waals surface area contributed by atoms with Crippen LogP contribution in [0.5, 0.6) is 5.75 Å². The Bertz CT molecular complexity index is 467. The molecule has 1 amide bonds. The molecule has 1 aromatic heterocycles. The van der Waals surface area contributed by atoms with E-state index < -0.39 is 5.95 Å². The Morgan fingerprint density at radius 3 is 3.11 bits per heavy atom. The number of hydrogen-bond acceptors (Lipinski definition) is 4. The molecule has 2 heterocycles. The lowest BCUT2D eigenvalue weighted by atomic mass is 10.2. The van der Waals surface area contributed by atoms with Crippen LogP contribution in [0.25, 0.3) is 0 Å². The van der Waals surface area contributed by atoms with E-state index in [9.17, 15) is 9.18 Å². The van der Waals surface area contributed by atoms with E-state index in [4.69, 9.17) is 4.74 Å². The molecule has 1 fully saturated rings. The highest BCUT2D eigenvalue weighted by Gasteiger charge is 2.21. The topological polar surface area (TPSA) is 54.5 Å². The summed E-state index contributed by atoms with van der Waals surface area (Å²) in [5, 5.41) is 2.38. The third-order valence-corrected chi connectivity index (χ3v) is 3.24. The molecule has 0 spiro atoms. The van der Waals surface area contributed by atoms with Crippen molar-refractivity contribution in [2.45, 2.75) is 25.8 Å². The molecule has 0 radical (unpaired) electrons. The van der Waals surface area contributed by atoms with E-state index in [0.29, 0.717) is 18.4 Å². The summed E-state index contributed by atoms with van der Waals surface area (Å²) in [4.78, 5) is 16.8. The Hall–Kier alpha value is -1.69. The zero-order valence-corrected chi connectivity index (χ0v) is 11.1. The van der Waals surface area contributed by atoms with Gasteiger partial charge in [-0.25, -0.2) is 4.98 Å². The Morgan fingerprint density at radius 1 is 1.68 bits per heavy atom. The molecule has 0 aromatic carbocycles. The molecule has 1 saturated heterocycles. The Balaban J connectivity index is 1.98. The maximum Gasteiger partial charge on any atom is 0.236 e. The van der Waals surface area contributed by atoms with Gasteiger partial charge in [-0.3, -0.25) is 4.79 Å². The molecular weight excluding hydrogens is 249 g/mol. The number of nitrogens with zero attached hydrogens (tertiary/aromatic N) is 2. The second kappa shape index (κ2) is 5.97. The van der Waals surface area contributed by atoms with Crippen molar-refractivity contribution in [1.82, 2.24) is 9.88 Å². The monoisotopic (exact) mass is 267 g/mol. The third kappa shape index (κ3) is 3.64. The number of hydrogen-bond donors (Lipinski definition) is 1. The van der Waals surface area contributed by atoms with E-state index in [2.05, 4.69) is 22.2 Å². The molecule has 0 saturated carbocycles. The van der Waals surface area contributed by atoms with Gasteiger partial charge >= 0.3 is 0 Å². The fourth-order valence-corrected chi connectivity index (χ4v) is 2.17. The second-order valence-corrected chi connectivity index (χ2v) is 4.78. The van der Waals surface area contributed by atoms with Gasteiger partial charge in [-0.05, 0) is 26.4 Å². The van der Waals surface area contributed by atoms with Crippen molar-refractivity contribution in [3.63, 3.8) is 0 Å². The smallest absolute Gasteiger partial charge is 0.236 e. The van der Waals surface area contributed by atoms with Gasteiger partial charge < -0.3 is 15.0 Å². The first-order chi connectivity index (χ1) is 9.06. The summed E-state index contributed by atoms with van der Waals surface area (Å²) in [6.45, 7) is 2.94. The zero-order chi connectivity index (χ0) is 13.8. The van der Waals surface area contributed by atoms with Crippen LogP contribution in [0.4, 0.5) is 10.1 Å². The summed E-state index contributed by atoms with van der Waals surface area (Å²) < 4.78 is 19.0. The summed E-state index contributed by atoms with van der Waals surface area (Å²) in [5.74, 6) is -0.584. The van der Waals surface area contributed by atoms with Gasteiger partial charge in [-0.15, -0.1) is 0 Å². The Labute approximate surface area is 111 Å². The van der Waals surface area contributed by atoms with E-state index in [1.165, 1.54) is 25.6 Å². The van der Waals surface area contributed by atoms with Crippen LogP contribution in [0.15, 0.2) is 12.3 Å². The van der Waals surface area contributed by atoms with Gasteiger partial charge in [0.25, 0.3) is 0 Å². The summed E-state index contributed by atoms with van der Waals surface area (Å²) >= 11 is 0. The van der Waals surface area contributed by atoms with Crippen LogP contribution in [-0.2, 0) is 4.79 Å². The molecule has 1 atom stereocenters. The number of halogens is 1. The van der Waals surface area contributed by atoms with Gasteiger partial charge in [0, 0.05) is 19.0 Å². The highest BCUT2D eigenvalue weighted by Crippen LogP contribution is 2.21. The van der Waals surface area contributed by atoms with Gasteiger partial charge in [0.15, 0.2) is 0 Å². The van der Waals surface area contributed by atoms with Crippen molar-refractivity contribution in [3.05, 3.63) is 18.2 Å². The van der Waals surface area contributed by atoms with Crippen LogP contribution in [-0.4, -0.2) is 42.0 Å². The number of anilines is 1. The molecule has 1 aliphatic rings. The fourth-order valence-electron chi connectivity index (χ4n) is 2.17. The molecule has 0 bridgehead atoms. The molecule has 0 unspecified atom stereocenters. The van der Waals surface area contributed by atoms with Crippen LogP contribution in [0.3, 0.4) is 0 Å². The normalized spacial score (nSPS) is 19.4. The molecule has 0 aliphatic carbocycles. The van der Waals surface area contributed by atoms with Crippen molar-refractivity contribution >= 4 is 11.6 Å². The minimum atomic E-state index is -0.708. The predicted molar refractivity (Wildman–Crippen MR) is 69.6 cm³/mol. The lowest BCUT2D eigenvalue weighted by molar-refractivity contribution is -0.114. The molecular formula is C13H18FN3O2. The van der Waals surface area contributed by atoms with E-state index in [1.807, 2.05) is 0 Å². The maximum absolute atomic E-state index is 13.3. The first-order valence-electron chi connectivity index (χ1n) is 6.32. The molecule has 5 nitrogen and oxygen atoms in total. The van der Waals surface area contributed by atoms with Gasteiger partial charge in [-0.1, -0.05) is 0 Å². The van der Waals surface area contributed by atoms with E-state index in [0.717, 1.165) is 13.0 Å². The number of nitrogens with one attached hydrogen (secondary N) is 1. The molecule has 19 heavy (non-hydrogen) atoms. The summed E-state index contributed by atoms with van der Waals surface area (Å²) in [6, 6.07) is 1.84. The highest BCUT2D eigenvalue weighted by atomic mass is 19.1. The van der Waals surface area contributed by atoms with Crippen molar-refractivity contribution in [1.29, 1.82) is 0 Å². The van der Waals surface area contributed by atoms with Gasteiger partial charge in [0.2, 0.25) is 11.9 Å². The largest absolute Gasteiger partial charge is 0.490 e. The van der Waals surface area contributed by atoms with E-state index in [1.54, 1.807) is 0 Å². The Morgan fingerprint density at radius 2 is 2.47 bits per heavy atom. The van der Waals surface area contributed by atoms with Crippen LogP contribution >= 0.6 is 0 Å². The number of aromatic nitrogens is 1. The lowest BCUT2D eigenvalue weighted by Gasteiger charge is -2.19. The quantitative estimate of drug-likeness (QED) is 0.843. The minimum absolute atomic E-state index is 0.0461. The molecule has 1 N–H and O–H groups in total. The van der Waals surface area contributed by atoms with Crippen molar-refractivity contribution < 1.29 is 13.9 Å². The zero-order valence-electron chi connectivity index (χ0n) is 11.1. The van der Waals surface area contributed by atoms with Crippen LogP contribution in [0.1, 0.15) is 19.8 Å². The molecule has 6 heteroatoms. The summed E-state index contributed by atoms with van der Waals surface area (Å²) in [6.07, 6.45) is 3.60. The number of carbonyl (C=O) groups excluding carboxylic acids is 1. The maximum atomic E-state index is 13.3. The highest BCUT2D eigenvalue weighted by molar-refractivity contribution is 5.88. The van der Waals surface area contributed by atoms with Crippen molar-refractivity contribution in [3.8, 4) is 5.75 Å². The first-order valence-corrected chi connectivity index (χ1v) is 6.32. The standard InChI is InChI=1S/C13H18FN3O2/c1-9(18)16-12-6-11(7-15-13(12)14)19-8-10-4-3-5-17(10)2/h6-7,10H,3-5,8H2,1-2H3,(H,16,18)/t10-/m0/s1. The second-order valence-electron chi connectivity index (χ2n) is 4.78. The number of pyridine rings is 1. The summed E-state index contributed by atoms with van der Waals surface area (Å²) in [7, 11) is 2.06. The van der Waals surface area contributed by atoms with E-state index in [-0.39, 0.29) is 11.6 Å². The van der Waals surface area contributed by atoms with Crippen molar-refractivity contribution in [2.24, 2.45) is 0 Å². The van der Waals surface area contributed by atoms with Crippen LogP contribution in [0, 0.1) is 5.95 Å². The van der Waals surface area contributed by atoms with E-state index >= 15 is 0 Å². The van der Waals surface area contributed by atoms with Crippen LogP contribution in [0.2, 0.25) is 0 Å². The number of ether oxygens (including phenoxy) is 1. The molecule has 2 rings (SSSR count). The van der Waals surface area contributed by atoms with Crippen LogP contribution < -0.4 is 10.1 Å². The number of likely N-dealkylation sites (N-methyl/N-ethyl adjacent to an activating group) is 1. The average molecular weight is 267 g/mol. The molecule has 104 valence electrons. The van der Waals surface area contributed by atoms with Gasteiger partial charge in [0.05, 0.1) is 6.20 Å². The van der Waals surface area contributed by atoms with Crippen molar-refractivity contribution in [2.75, 3.05) is 25.5 Å². The first kappa shape index (κ1) is 13.7. The fraction of sp³-hybridized carbons (Fsp3) is 0.538. The number of rotatable bonds is 4. The number of carbonyl (C=O) groups is 1. The molecule has 1 aliphatic heterocycles. The number of amides is 1. The lowest BCUT2D eigenvalue weighted by Crippen LogP contribution is -2.30. The minimum Gasteiger partial charge on any atom is -0.490 e. The number of likely N-dealkylation sites (tertiary alicyclic amines) is 1. The van der Waals surface area contributed by atoms with Gasteiger partial charge in [-0.2, -0.15) is 4.39 Å². The predicted octanol–water partition coefficient (Wildman–Crippen LogP) is 1.65. The third-order valence-electron chi connectivity index (χ3n) is 3.24.